The zero-order chi connectivity index (χ0) is 23.7. The number of piperazine rings is 1. The van der Waals surface area contributed by atoms with E-state index in [9.17, 15) is 9.59 Å². The molecule has 180 valence electrons. The van der Waals surface area contributed by atoms with Gasteiger partial charge in [0, 0.05) is 50.8 Å². The molecule has 1 aliphatic carbocycles. The summed E-state index contributed by atoms with van der Waals surface area (Å²) in [6, 6.07) is 4.55. The number of oxazole rings is 1. The van der Waals surface area contributed by atoms with E-state index >= 15 is 0 Å². The Bertz CT molecular complexity index is 1190. The molecule has 1 N–H and O–H groups in total. The van der Waals surface area contributed by atoms with E-state index in [0.29, 0.717) is 49.7 Å². The minimum absolute atomic E-state index is 0.0577. The van der Waals surface area contributed by atoms with Gasteiger partial charge in [-0.15, -0.1) is 0 Å². The molecule has 0 bridgehead atoms. The fourth-order valence-electron chi connectivity index (χ4n) is 4.78. The molecule has 2 aromatic heterocycles. The fraction of sp³-hybridized carbons (Fsp3) is 0.500. The van der Waals surface area contributed by atoms with Crippen LogP contribution in [0.1, 0.15) is 55.6 Å². The van der Waals surface area contributed by atoms with E-state index in [1.54, 1.807) is 18.9 Å². The lowest BCUT2D eigenvalue weighted by Gasteiger charge is -2.33. The second-order valence-corrected chi connectivity index (χ2v) is 8.97. The van der Waals surface area contributed by atoms with Crippen molar-refractivity contribution in [1.29, 1.82) is 0 Å². The Kier molecular flexibility index (Phi) is 6.12. The summed E-state index contributed by atoms with van der Waals surface area (Å²) in [5.41, 5.74) is 1.58. The molecule has 0 radical (unpaired) electrons. The number of fused-ring (bicyclic) bond motifs is 1. The molecule has 0 unspecified atom stereocenters. The first kappa shape index (κ1) is 22.2. The highest BCUT2D eigenvalue weighted by atomic mass is 16.5. The zero-order valence-electron chi connectivity index (χ0n) is 19.6. The number of carbonyl (C=O) groups is 2. The maximum atomic E-state index is 12.9. The van der Waals surface area contributed by atoms with E-state index in [1.165, 1.54) is 25.5 Å². The number of carbonyl (C=O) groups excluding carboxylic acids is 2. The minimum Gasteiger partial charge on any atom is -0.494 e. The Morgan fingerprint density at radius 2 is 1.88 bits per heavy atom. The number of hydrogen-bond donors (Lipinski definition) is 1. The normalized spacial score (nSPS) is 17.2. The number of anilines is 2. The van der Waals surface area contributed by atoms with Gasteiger partial charge in [0.2, 0.25) is 5.91 Å². The van der Waals surface area contributed by atoms with Crippen LogP contribution in [-0.4, -0.2) is 64.8 Å². The summed E-state index contributed by atoms with van der Waals surface area (Å²) in [5.74, 6) is 0.218. The summed E-state index contributed by atoms with van der Waals surface area (Å²) >= 11 is 0. The van der Waals surface area contributed by atoms with Crippen molar-refractivity contribution in [3.63, 3.8) is 0 Å². The number of benzene rings is 1. The predicted molar refractivity (Wildman–Crippen MR) is 127 cm³/mol. The standard InChI is InChI=1S/C24H30N6O4/c1-16(31)28-8-10-29(11-9-28)24-26-21(15-34-24)23(32)25-20-12-17-14-30(18-6-4-3-5-7-18)27-19(17)13-22(20)33-2/h12-15,18H,3-11H2,1-2H3,(H,25,32). The second-order valence-electron chi connectivity index (χ2n) is 8.97. The molecule has 5 rings (SSSR count). The summed E-state index contributed by atoms with van der Waals surface area (Å²) in [6.07, 6.45) is 9.46. The van der Waals surface area contributed by atoms with Gasteiger partial charge < -0.3 is 24.3 Å². The summed E-state index contributed by atoms with van der Waals surface area (Å²) < 4.78 is 13.1. The fourth-order valence-corrected chi connectivity index (χ4v) is 4.78. The molecule has 3 heterocycles. The number of ether oxygens (including phenoxy) is 1. The molecular formula is C24H30N6O4. The van der Waals surface area contributed by atoms with E-state index in [4.69, 9.17) is 14.3 Å². The second kappa shape index (κ2) is 9.36. The number of aromatic nitrogens is 3. The Morgan fingerprint density at radius 1 is 1.12 bits per heavy atom. The number of nitrogens with zero attached hydrogens (tertiary/aromatic N) is 5. The lowest BCUT2D eigenvalue weighted by molar-refractivity contribution is -0.129. The van der Waals surface area contributed by atoms with Crippen LogP contribution in [0.2, 0.25) is 0 Å². The van der Waals surface area contributed by atoms with Crippen LogP contribution in [0.5, 0.6) is 5.75 Å². The van der Waals surface area contributed by atoms with E-state index in [1.807, 2.05) is 17.0 Å². The lowest BCUT2D eigenvalue weighted by Crippen LogP contribution is -2.48. The maximum absolute atomic E-state index is 12.9. The van der Waals surface area contributed by atoms with E-state index < -0.39 is 0 Å². The number of methoxy groups -OCH3 is 1. The Morgan fingerprint density at radius 3 is 2.59 bits per heavy atom. The smallest absolute Gasteiger partial charge is 0.298 e. The molecule has 0 atom stereocenters. The van der Waals surface area contributed by atoms with E-state index in [0.717, 1.165) is 23.7 Å². The molecule has 2 aliphatic rings. The van der Waals surface area contributed by atoms with Gasteiger partial charge in [-0.2, -0.15) is 10.1 Å². The van der Waals surface area contributed by atoms with Crippen molar-refractivity contribution in [2.24, 2.45) is 0 Å². The largest absolute Gasteiger partial charge is 0.494 e. The highest BCUT2D eigenvalue weighted by Gasteiger charge is 2.24. The Balaban J connectivity index is 1.30. The Hall–Kier alpha value is -3.56. The number of nitrogens with one attached hydrogen (secondary N) is 1. The first-order valence-electron chi connectivity index (χ1n) is 11.9. The molecule has 3 aromatic rings. The molecule has 0 spiro atoms. The Labute approximate surface area is 197 Å². The molecule has 10 heteroatoms. The van der Waals surface area contributed by atoms with Crippen LogP contribution in [0.15, 0.2) is 29.0 Å². The van der Waals surface area contributed by atoms with Crippen molar-refractivity contribution in [3.8, 4) is 5.75 Å². The number of rotatable bonds is 5. The van der Waals surface area contributed by atoms with Gasteiger partial charge in [0.05, 0.1) is 24.4 Å². The SMILES string of the molecule is COc1cc2nn(C3CCCCC3)cc2cc1NC(=O)c1coc(N2CCN(C(C)=O)CC2)n1. The molecule has 1 saturated carbocycles. The summed E-state index contributed by atoms with van der Waals surface area (Å²) in [6.45, 7) is 3.99. The van der Waals surface area contributed by atoms with Crippen LogP contribution in [0, 0.1) is 0 Å². The van der Waals surface area contributed by atoms with Crippen LogP contribution in [0.3, 0.4) is 0 Å². The predicted octanol–water partition coefficient (Wildman–Crippen LogP) is 3.46. The van der Waals surface area contributed by atoms with Crippen LogP contribution < -0.4 is 15.0 Å². The molecule has 34 heavy (non-hydrogen) atoms. The first-order valence-corrected chi connectivity index (χ1v) is 11.9. The number of amides is 2. The average Bonchev–Trinajstić information content (AvgIpc) is 3.51. The van der Waals surface area contributed by atoms with Crippen LogP contribution in [-0.2, 0) is 4.79 Å². The van der Waals surface area contributed by atoms with Crippen molar-refractivity contribution < 1.29 is 18.7 Å². The maximum Gasteiger partial charge on any atom is 0.298 e. The third-order valence-corrected chi connectivity index (χ3v) is 6.76. The summed E-state index contributed by atoms with van der Waals surface area (Å²) in [7, 11) is 1.57. The van der Waals surface area contributed by atoms with Gasteiger partial charge in [-0.3, -0.25) is 14.3 Å². The highest BCUT2D eigenvalue weighted by Crippen LogP contribution is 2.33. The average molecular weight is 467 g/mol. The minimum atomic E-state index is -0.380. The molecule has 1 aliphatic heterocycles. The van der Waals surface area contributed by atoms with Gasteiger partial charge in [-0.25, -0.2) is 0 Å². The van der Waals surface area contributed by atoms with Crippen molar-refractivity contribution in [3.05, 3.63) is 30.3 Å². The van der Waals surface area contributed by atoms with Gasteiger partial charge in [0.25, 0.3) is 11.9 Å². The number of hydrogen-bond acceptors (Lipinski definition) is 7. The van der Waals surface area contributed by atoms with Gasteiger partial charge in [0.15, 0.2) is 5.69 Å². The third kappa shape index (κ3) is 4.44. The van der Waals surface area contributed by atoms with E-state index in [2.05, 4.69) is 21.2 Å². The van der Waals surface area contributed by atoms with E-state index in [-0.39, 0.29) is 17.5 Å². The summed E-state index contributed by atoms with van der Waals surface area (Å²) in [4.78, 5) is 32.5. The van der Waals surface area contributed by atoms with Gasteiger partial charge in [-0.1, -0.05) is 19.3 Å². The molecular weight excluding hydrogens is 436 g/mol. The van der Waals surface area contributed by atoms with Gasteiger partial charge >= 0.3 is 0 Å². The molecule has 1 aromatic carbocycles. The van der Waals surface area contributed by atoms with Crippen LogP contribution in [0.25, 0.3) is 10.9 Å². The molecule has 1 saturated heterocycles. The molecule has 10 nitrogen and oxygen atoms in total. The van der Waals surface area contributed by atoms with Crippen LogP contribution in [0.4, 0.5) is 11.7 Å². The summed E-state index contributed by atoms with van der Waals surface area (Å²) in [5, 5.41) is 8.61. The zero-order valence-corrected chi connectivity index (χ0v) is 19.6. The third-order valence-electron chi connectivity index (χ3n) is 6.76. The van der Waals surface area contributed by atoms with Crippen molar-refractivity contribution in [1.82, 2.24) is 19.7 Å². The van der Waals surface area contributed by atoms with Gasteiger partial charge in [0.1, 0.15) is 12.0 Å². The van der Waals surface area contributed by atoms with Crippen molar-refractivity contribution >= 4 is 34.4 Å². The molecule has 2 fully saturated rings. The van der Waals surface area contributed by atoms with Crippen molar-refractivity contribution in [2.45, 2.75) is 45.1 Å². The van der Waals surface area contributed by atoms with Crippen LogP contribution >= 0.6 is 0 Å². The van der Waals surface area contributed by atoms with Gasteiger partial charge in [-0.05, 0) is 18.9 Å². The topological polar surface area (TPSA) is 106 Å². The monoisotopic (exact) mass is 466 g/mol. The first-order chi connectivity index (χ1) is 16.5. The molecule has 2 amide bonds. The highest BCUT2D eigenvalue weighted by molar-refractivity contribution is 6.05. The van der Waals surface area contributed by atoms with Crippen molar-refractivity contribution in [2.75, 3.05) is 43.5 Å². The quantitative estimate of drug-likeness (QED) is 0.614. The lowest BCUT2D eigenvalue weighted by atomic mass is 9.96.